The number of hydrogen-bond donors (Lipinski definition) is 1. The van der Waals surface area contributed by atoms with Crippen molar-refractivity contribution in [2.75, 3.05) is 6.61 Å². The summed E-state index contributed by atoms with van der Waals surface area (Å²) in [4.78, 5) is 17.0. The van der Waals surface area contributed by atoms with Gasteiger partial charge in [0.05, 0.1) is 23.6 Å². The Labute approximate surface area is 171 Å². The Balaban J connectivity index is 1.53. The number of aromatic nitrogens is 2. The SMILES string of the molecule is C=CCc1ccccc1OCCn1c(C(C)NC(=O)C2CC2)nc2ccccc21. The summed E-state index contributed by atoms with van der Waals surface area (Å²) in [5.41, 5.74) is 3.11. The number of para-hydroxylation sites is 3. The third kappa shape index (κ3) is 4.34. The van der Waals surface area contributed by atoms with Gasteiger partial charge in [-0.15, -0.1) is 6.58 Å². The van der Waals surface area contributed by atoms with Crippen molar-refractivity contribution >= 4 is 16.9 Å². The molecule has 2 aromatic carbocycles. The molecule has 150 valence electrons. The normalized spacial score (nSPS) is 14.5. The number of amides is 1. The maximum absolute atomic E-state index is 12.2. The second-order valence-corrected chi connectivity index (χ2v) is 7.56. The summed E-state index contributed by atoms with van der Waals surface area (Å²) in [5, 5.41) is 3.12. The second-order valence-electron chi connectivity index (χ2n) is 7.56. The molecule has 1 aliphatic carbocycles. The second kappa shape index (κ2) is 8.52. The molecule has 0 spiro atoms. The number of imidazole rings is 1. The minimum absolute atomic E-state index is 0.130. The van der Waals surface area contributed by atoms with E-state index in [-0.39, 0.29) is 17.9 Å². The lowest BCUT2D eigenvalue weighted by molar-refractivity contribution is -0.123. The van der Waals surface area contributed by atoms with Gasteiger partial charge in [-0.05, 0) is 49.9 Å². The number of fused-ring (bicyclic) bond motifs is 1. The van der Waals surface area contributed by atoms with E-state index in [1.165, 1.54) is 0 Å². The molecule has 1 N–H and O–H groups in total. The highest BCUT2D eigenvalue weighted by atomic mass is 16.5. The Morgan fingerprint density at radius 2 is 2.03 bits per heavy atom. The summed E-state index contributed by atoms with van der Waals surface area (Å²) in [7, 11) is 0. The van der Waals surface area contributed by atoms with Crippen molar-refractivity contribution in [3.8, 4) is 5.75 Å². The Morgan fingerprint density at radius 1 is 1.28 bits per heavy atom. The van der Waals surface area contributed by atoms with E-state index in [9.17, 15) is 4.79 Å². The molecule has 0 saturated heterocycles. The summed E-state index contributed by atoms with van der Waals surface area (Å²) in [5.74, 6) is 2.06. The standard InChI is InChI=1S/C24H27N3O2/c1-3-8-18-9-4-7-12-22(18)29-16-15-27-21-11-6-5-10-20(21)26-23(27)17(2)25-24(28)19-13-14-19/h3-7,9-12,17,19H,1,8,13-16H2,2H3,(H,25,28). The lowest BCUT2D eigenvalue weighted by Gasteiger charge is -2.17. The van der Waals surface area contributed by atoms with Crippen LogP contribution in [0.15, 0.2) is 61.2 Å². The van der Waals surface area contributed by atoms with E-state index in [4.69, 9.17) is 9.72 Å². The fourth-order valence-corrected chi connectivity index (χ4v) is 3.62. The van der Waals surface area contributed by atoms with Crippen molar-refractivity contribution in [1.29, 1.82) is 0 Å². The first-order valence-corrected chi connectivity index (χ1v) is 10.2. The van der Waals surface area contributed by atoms with Gasteiger partial charge in [-0.3, -0.25) is 4.79 Å². The molecule has 4 rings (SSSR count). The molecule has 1 aromatic heterocycles. The van der Waals surface area contributed by atoms with Gasteiger partial charge in [-0.25, -0.2) is 4.98 Å². The van der Waals surface area contributed by atoms with E-state index in [0.29, 0.717) is 13.2 Å². The molecular formula is C24H27N3O2. The minimum atomic E-state index is -0.149. The number of carbonyl (C=O) groups excluding carboxylic acids is 1. The zero-order valence-electron chi connectivity index (χ0n) is 16.8. The molecule has 29 heavy (non-hydrogen) atoms. The molecule has 1 unspecified atom stereocenters. The van der Waals surface area contributed by atoms with Crippen molar-refractivity contribution in [1.82, 2.24) is 14.9 Å². The fraction of sp³-hybridized carbons (Fsp3) is 0.333. The number of ether oxygens (including phenoxy) is 1. The molecule has 3 aromatic rings. The molecule has 5 heteroatoms. The highest BCUT2D eigenvalue weighted by molar-refractivity contribution is 5.81. The van der Waals surface area contributed by atoms with E-state index in [1.807, 2.05) is 49.4 Å². The molecule has 1 aliphatic rings. The Bertz CT molecular complexity index is 1020. The van der Waals surface area contributed by atoms with E-state index < -0.39 is 0 Å². The number of rotatable bonds is 9. The maximum Gasteiger partial charge on any atom is 0.223 e. The van der Waals surface area contributed by atoms with Gasteiger partial charge in [0.1, 0.15) is 18.2 Å². The van der Waals surface area contributed by atoms with Crippen molar-refractivity contribution in [3.63, 3.8) is 0 Å². The minimum Gasteiger partial charge on any atom is -0.491 e. The number of benzene rings is 2. The Hall–Kier alpha value is -3.08. The van der Waals surface area contributed by atoms with Crippen LogP contribution in [0.2, 0.25) is 0 Å². The van der Waals surface area contributed by atoms with Crippen LogP contribution in [0.3, 0.4) is 0 Å². The van der Waals surface area contributed by atoms with Crippen LogP contribution in [-0.2, 0) is 17.8 Å². The Kier molecular flexibility index (Phi) is 5.65. The van der Waals surface area contributed by atoms with Gasteiger partial charge in [0.15, 0.2) is 0 Å². The lowest BCUT2D eigenvalue weighted by Crippen LogP contribution is -2.30. The predicted molar refractivity (Wildman–Crippen MR) is 115 cm³/mol. The van der Waals surface area contributed by atoms with Crippen molar-refractivity contribution in [2.45, 2.75) is 38.8 Å². The quantitative estimate of drug-likeness (QED) is 0.551. The van der Waals surface area contributed by atoms with Crippen LogP contribution in [0, 0.1) is 5.92 Å². The van der Waals surface area contributed by atoms with Gasteiger partial charge in [0, 0.05) is 5.92 Å². The van der Waals surface area contributed by atoms with Crippen LogP contribution in [0.1, 0.15) is 37.2 Å². The number of carbonyl (C=O) groups is 1. The van der Waals surface area contributed by atoms with Crippen LogP contribution in [0.5, 0.6) is 5.75 Å². The van der Waals surface area contributed by atoms with Gasteiger partial charge < -0.3 is 14.6 Å². The first-order valence-electron chi connectivity index (χ1n) is 10.2. The predicted octanol–water partition coefficient (Wildman–Crippen LogP) is 4.43. The first kappa shape index (κ1) is 19.2. The fourth-order valence-electron chi connectivity index (χ4n) is 3.62. The number of nitrogens with zero attached hydrogens (tertiary/aromatic N) is 2. The molecule has 1 fully saturated rings. The first-order chi connectivity index (χ1) is 14.2. The van der Waals surface area contributed by atoms with Crippen molar-refractivity contribution < 1.29 is 9.53 Å². The molecule has 5 nitrogen and oxygen atoms in total. The smallest absolute Gasteiger partial charge is 0.223 e. The zero-order valence-corrected chi connectivity index (χ0v) is 16.8. The molecule has 0 radical (unpaired) electrons. The summed E-state index contributed by atoms with van der Waals surface area (Å²) in [6, 6.07) is 16.0. The molecule has 0 bridgehead atoms. The largest absolute Gasteiger partial charge is 0.491 e. The van der Waals surface area contributed by atoms with Gasteiger partial charge in [0.2, 0.25) is 5.91 Å². The molecule has 0 aliphatic heterocycles. The van der Waals surface area contributed by atoms with Crippen molar-refractivity contribution in [3.05, 3.63) is 72.6 Å². The monoisotopic (exact) mass is 389 g/mol. The lowest BCUT2D eigenvalue weighted by atomic mass is 10.1. The topological polar surface area (TPSA) is 56.1 Å². The molecule has 1 heterocycles. The molecule has 1 saturated carbocycles. The van der Waals surface area contributed by atoms with Crippen LogP contribution >= 0.6 is 0 Å². The van der Waals surface area contributed by atoms with Gasteiger partial charge >= 0.3 is 0 Å². The molecule has 1 amide bonds. The highest BCUT2D eigenvalue weighted by Crippen LogP contribution is 2.30. The summed E-state index contributed by atoms with van der Waals surface area (Å²) < 4.78 is 8.25. The van der Waals surface area contributed by atoms with Gasteiger partial charge in [0.25, 0.3) is 0 Å². The number of hydrogen-bond acceptors (Lipinski definition) is 3. The van der Waals surface area contributed by atoms with Crippen LogP contribution in [0.25, 0.3) is 11.0 Å². The zero-order chi connectivity index (χ0) is 20.2. The molecule has 1 atom stereocenters. The van der Waals surface area contributed by atoms with Crippen LogP contribution in [0.4, 0.5) is 0 Å². The van der Waals surface area contributed by atoms with Gasteiger partial charge in [-0.1, -0.05) is 36.4 Å². The number of allylic oxidation sites excluding steroid dienone is 1. The third-order valence-electron chi connectivity index (χ3n) is 5.29. The average molecular weight is 389 g/mol. The maximum atomic E-state index is 12.2. The number of nitrogens with one attached hydrogen (secondary N) is 1. The average Bonchev–Trinajstić information content (AvgIpc) is 3.52. The van der Waals surface area contributed by atoms with E-state index in [1.54, 1.807) is 0 Å². The summed E-state index contributed by atoms with van der Waals surface area (Å²) in [6.45, 7) is 6.99. The van der Waals surface area contributed by atoms with Crippen LogP contribution in [-0.4, -0.2) is 22.1 Å². The van der Waals surface area contributed by atoms with E-state index in [0.717, 1.165) is 47.4 Å². The van der Waals surface area contributed by atoms with Crippen LogP contribution < -0.4 is 10.1 Å². The third-order valence-corrected chi connectivity index (χ3v) is 5.29. The molecular weight excluding hydrogens is 362 g/mol. The summed E-state index contributed by atoms with van der Waals surface area (Å²) in [6.07, 6.45) is 4.65. The highest BCUT2D eigenvalue weighted by Gasteiger charge is 2.31. The Morgan fingerprint density at radius 3 is 2.83 bits per heavy atom. The van der Waals surface area contributed by atoms with Gasteiger partial charge in [-0.2, -0.15) is 0 Å². The van der Waals surface area contributed by atoms with Crippen molar-refractivity contribution in [2.24, 2.45) is 5.92 Å². The summed E-state index contributed by atoms with van der Waals surface area (Å²) >= 11 is 0. The van der Waals surface area contributed by atoms with E-state index >= 15 is 0 Å². The van der Waals surface area contributed by atoms with E-state index in [2.05, 4.69) is 28.6 Å².